The Labute approximate surface area is 152 Å². The van der Waals surface area contributed by atoms with E-state index >= 15 is 0 Å². The average Bonchev–Trinajstić information content (AvgIpc) is 3.10. The third-order valence-electron chi connectivity index (χ3n) is 3.20. The number of carbonyl (C=O) groups is 1. The van der Waals surface area contributed by atoms with Crippen LogP contribution in [0.15, 0.2) is 40.8 Å². The molecule has 25 heavy (non-hydrogen) atoms. The van der Waals surface area contributed by atoms with Crippen molar-refractivity contribution in [2.45, 2.75) is 6.92 Å². The Morgan fingerprint density at radius 3 is 2.76 bits per heavy atom. The summed E-state index contributed by atoms with van der Waals surface area (Å²) in [5.74, 6) is -0.668. The molecule has 3 rings (SSSR count). The van der Waals surface area contributed by atoms with Crippen LogP contribution in [0.25, 0.3) is 6.08 Å². The maximum absolute atomic E-state index is 12.6. The fourth-order valence-electron chi connectivity index (χ4n) is 2.08. The fourth-order valence-corrected chi connectivity index (χ4v) is 3.68. The third-order valence-corrected chi connectivity index (χ3v) is 4.94. The monoisotopic (exact) mass is 374 g/mol. The highest BCUT2D eigenvalue weighted by Crippen LogP contribution is 2.35. The summed E-state index contributed by atoms with van der Waals surface area (Å²) in [6, 6.07) is 4.36. The number of phenolic OH excluding ortho intramolecular Hbond substituents is 2. The fraction of sp³-hybridized carbons (Fsp3) is 0.125. The van der Waals surface area contributed by atoms with Crippen LogP contribution in [0.2, 0.25) is 0 Å². The minimum absolute atomic E-state index is 0.211. The summed E-state index contributed by atoms with van der Waals surface area (Å²) in [5, 5.41) is 28.6. The molecule has 0 aliphatic carbocycles. The van der Waals surface area contributed by atoms with Crippen molar-refractivity contribution in [1.82, 2.24) is 15.1 Å². The standard InChI is InChI=1S/C16H14N4O3S2/c1-3-6-20-14(23)13(8-10-4-5-11(21)12(22)7-10)25-16(20)17-15-19-18-9(2)24-15/h3-5,7-8,21-22H,1,6H2,2H3/b13-8-,17-16+. The summed E-state index contributed by atoms with van der Waals surface area (Å²) in [4.78, 5) is 19.0. The number of aliphatic imine (C=N–C) groups is 1. The lowest BCUT2D eigenvalue weighted by Crippen LogP contribution is -2.29. The number of aryl methyl sites for hydroxylation is 1. The number of amidine groups is 1. The number of rotatable bonds is 4. The van der Waals surface area contributed by atoms with Gasteiger partial charge in [0, 0.05) is 6.54 Å². The normalized spacial score (nSPS) is 17.6. The zero-order valence-corrected chi connectivity index (χ0v) is 14.8. The lowest BCUT2D eigenvalue weighted by atomic mass is 10.2. The van der Waals surface area contributed by atoms with E-state index in [4.69, 9.17) is 0 Å². The molecule has 0 saturated carbocycles. The lowest BCUT2D eigenvalue weighted by molar-refractivity contribution is -0.121. The van der Waals surface area contributed by atoms with E-state index in [1.807, 2.05) is 6.92 Å². The van der Waals surface area contributed by atoms with Gasteiger partial charge in [-0.05, 0) is 42.5 Å². The zero-order valence-electron chi connectivity index (χ0n) is 13.2. The van der Waals surface area contributed by atoms with Gasteiger partial charge < -0.3 is 10.2 Å². The van der Waals surface area contributed by atoms with Crippen LogP contribution < -0.4 is 0 Å². The van der Waals surface area contributed by atoms with Crippen LogP contribution in [-0.4, -0.2) is 42.9 Å². The van der Waals surface area contributed by atoms with E-state index in [9.17, 15) is 15.0 Å². The second-order valence-corrected chi connectivity index (χ2v) is 7.23. The first-order valence-corrected chi connectivity index (χ1v) is 8.84. The van der Waals surface area contributed by atoms with Crippen LogP contribution >= 0.6 is 23.1 Å². The molecule has 1 aromatic carbocycles. The molecule has 1 aliphatic heterocycles. The molecule has 2 aromatic rings. The van der Waals surface area contributed by atoms with E-state index in [-0.39, 0.29) is 17.4 Å². The summed E-state index contributed by atoms with van der Waals surface area (Å²) in [7, 11) is 0. The molecule has 1 fully saturated rings. The van der Waals surface area contributed by atoms with Gasteiger partial charge in [0.15, 0.2) is 16.7 Å². The first-order valence-electron chi connectivity index (χ1n) is 7.21. The zero-order chi connectivity index (χ0) is 18.0. The van der Waals surface area contributed by atoms with E-state index < -0.39 is 0 Å². The Kier molecular flexibility index (Phi) is 4.86. The molecule has 1 saturated heterocycles. The molecule has 1 aliphatic rings. The molecule has 128 valence electrons. The minimum Gasteiger partial charge on any atom is -0.504 e. The Morgan fingerprint density at radius 2 is 2.12 bits per heavy atom. The van der Waals surface area contributed by atoms with Gasteiger partial charge in [0.1, 0.15) is 5.01 Å². The Bertz CT molecular complexity index is 905. The summed E-state index contributed by atoms with van der Waals surface area (Å²) in [6.07, 6.45) is 3.25. The minimum atomic E-state index is -0.244. The van der Waals surface area contributed by atoms with Crippen molar-refractivity contribution in [3.8, 4) is 11.5 Å². The average molecular weight is 374 g/mol. The van der Waals surface area contributed by atoms with Gasteiger partial charge in [-0.15, -0.1) is 16.8 Å². The smallest absolute Gasteiger partial charge is 0.267 e. The molecule has 0 spiro atoms. The van der Waals surface area contributed by atoms with E-state index in [2.05, 4.69) is 21.8 Å². The quantitative estimate of drug-likeness (QED) is 0.485. The molecule has 7 nitrogen and oxygen atoms in total. The number of phenols is 2. The number of hydrogen-bond donors (Lipinski definition) is 2. The molecule has 1 aromatic heterocycles. The van der Waals surface area contributed by atoms with Gasteiger partial charge in [0.25, 0.3) is 5.91 Å². The topological polar surface area (TPSA) is 98.9 Å². The number of aromatic nitrogens is 2. The Balaban J connectivity index is 1.95. The third kappa shape index (κ3) is 3.72. The predicted octanol–water partition coefficient (Wildman–Crippen LogP) is 3.05. The van der Waals surface area contributed by atoms with Gasteiger partial charge >= 0.3 is 0 Å². The van der Waals surface area contributed by atoms with Gasteiger partial charge in [0.2, 0.25) is 5.13 Å². The van der Waals surface area contributed by atoms with E-state index in [0.717, 1.165) is 5.01 Å². The molecule has 2 heterocycles. The highest BCUT2D eigenvalue weighted by Gasteiger charge is 2.33. The van der Waals surface area contributed by atoms with Crippen LogP contribution in [0.3, 0.4) is 0 Å². The molecule has 0 bridgehead atoms. The molecule has 2 N–H and O–H groups in total. The van der Waals surface area contributed by atoms with Crippen molar-refractivity contribution in [3.05, 3.63) is 46.3 Å². The summed E-state index contributed by atoms with van der Waals surface area (Å²) in [6.45, 7) is 5.82. The SMILES string of the molecule is C=CCN1C(=O)/C(=C/c2ccc(O)c(O)c2)S/C1=N/c1nnc(C)s1. The Hall–Kier alpha value is -2.65. The van der Waals surface area contributed by atoms with Gasteiger partial charge in [-0.25, -0.2) is 0 Å². The molecule has 0 unspecified atom stereocenters. The van der Waals surface area contributed by atoms with E-state index in [1.165, 1.54) is 40.1 Å². The van der Waals surface area contributed by atoms with Crippen molar-refractivity contribution < 1.29 is 15.0 Å². The van der Waals surface area contributed by atoms with Crippen LogP contribution in [0.5, 0.6) is 11.5 Å². The summed E-state index contributed by atoms with van der Waals surface area (Å²) >= 11 is 2.55. The van der Waals surface area contributed by atoms with Crippen molar-refractivity contribution in [2.75, 3.05) is 6.54 Å². The second kappa shape index (κ2) is 7.08. The van der Waals surface area contributed by atoms with Gasteiger partial charge in [-0.2, -0.15) is 4.99 Å². The largest absolute Gasteiger partial charge is 0.504 e. The van der Waals surface area contributed by atoms with Crippen LogP contribution in [0, 0.1) is 6.92 Å². The maximum Gasteiger partial charge on any atom is 0.267 e. The van der Waals surface area contributed by atoms with Crippen LogP contribution in [0.1, 0.15) is 10.6 Å². The molecule has 0 radical (unpaired) electrons. The second-order valence-electron chi connectivity index (χ2n) is 5.06. The highest BCUT2D eigenvalue weighted by atomic mass is 32.2. The van der Waals surface area contributed by atoms with Crippen molar-refractivity contribution in [3.63, 3.8) is 0 Å². The number of hydrogen-bond acceptors (Lipinski definition) is 8. The Morgan fingerprint density at radius 1 is 1.32 bits per heavy atom. The van der Waals surface area contributed by atoms with Crippen LogP contribution in [0.4, 0.5) is 5.13 Å². The number of nitrogens with zero attached hydrogens (tertiary/aromatic N) is 4. The van der Waals surface area contributed by atoms with E-state index in [1.54, 1.807) is 18.2 Å². The molecular formula is C16H14N4O3S2. The van der Waals surface area contributed by atoms with Crippen molar-refractivity contribution in [1.29, 1.82) is 0 Å². The first-order chi connectivity index (χ1) is 12.0. The van der Waals surface area contributed by atoms with Gasteiger partial charge in [-0.3, -0.25) is 9.69 Å². The molecule has 1 amide bonds. The number of benzene rings is 1. The van der Waals surface area contributed by atoms with E-state index in [0.29, 0.717) is 27.3 Å². The molecular weight excluding hydrogens is 360 g/mol. The van der Waals surface area contributed by atoms with Crippen LogP contribution in [-0.2, 0) is 4.79 Å². The summed E-state index contributed by atoms with van der Waals surface area (Å²) < 4.78 is 0. The van der Waals surface area contributed by atoms with Crippen molar-refractivity contribution >= 4 is 45.4 Å². The predicted molar refractivity (Wildman–Crippen MR) is 99.0 cm³/mol. The number of aromatic hydroxyl groups is 2. The lowest BCUT2D eigenvalue weighted by Gasteiger charge is -2.11. The van der Waals surface area contributed by atoms with Crippen molar-refractivity contribution in [2.24, 2.45) is 4.99 Å². The molecule has 9 heteroatoms. The maximum atomic E-state index is 12.6. The number of thioether (sulfide) groups is 1. The molecule has 0 atom stereocenters. The number of amides is 1. The van der Waals surface area contributed by atoms with Gasteiger partial charge in [0.05, 0.1) is 4.91 Å². The number of carbonyl (C=O) groups excluding carboxylic acids is 1. The highest BCUT2D eigenvalue weighted by molar-refractivity contribution is 8.18. The first kappa shape index (κ1) is 17.2. The summed E-state index contributed by atoms with van der Waals surface area (Å²) in [5.41, 5.74) is 0.595. The van der Waals surface area contributed by atoms with Gasteiger partial charge in [-0.1, -0.05) is 23.5 Å².